The van der Waals surface area contributed by atoms with Crippen molar-refractivity contribution in [1.82, 2.24) is 16.0 Å². The van der Waals surface area contributed by atoms with Gasteiger partial charge in [-0.1, -0.05) is 12.1 Å². The van der Waals surface area contributed by atoms with Gasteiger partial charge in [0.15, 0.2) is 0 Å². The van der Waals surface area contributed by atoms with E-state index >= 15 is 0 Å². The molecule has 0 radical (unpaired) electrons. The molecule has 124 valence electrons. The maximum Gasteiger partial charge on any atom is 0.315 e. The molecule has 0 saturated carbocycles. The van der Waals surface area contributed by atoms with E-state index < -0.39 is 17.7 Å². The molecule has 0 aliphatic carbocycles. The highest BCUT2D eigenvalue weighted by atomic mass is 19.1. The molecule has 0 bridgehead atoms. The zero-order chi connectivity index (χ0) is 16.7. The van der Waals surface area contributed by atoms with Crippen LogP contribution in [0.1, 0.15) is 18.4 Å². The van der Waals surface area contributed by atoms with Gasteiger partial charge in [-0.05, 0) is 50.0 Å². The van der Waals surface area contributed by atoms with Gasteiger partial charge >= 0.3 is 11.8 Å². The third-order valence-electron chi connectivity index (χ3n) is 3.77. The van der Waals surface area contributed by atoms with Crippen LogP contribution in [0.3, 0.4) is 0 Å². The molecule has 3 N–H and O–H groups in total. The highest BCUT2D eigenvalue weighted by Gasteiger charge is 2.24. The topological polar surface area (TPSA) is 87.3 Å². The van der Waals surface area contributed by atoms with Crippen molar-refractivity contribution >= 4 is 17.7 Å². The summed E-state index contributed by atoms with van der Waals surface area (Å²) in [7, 11) is 0. The van der Waals surface area contributed by atoms with Gasteiger partial charge in [-0.25, -0.2) is 4.39 Å². The molecule has 1 aromatic carbocycles. The van der Waals surface area contributed by atoms with Crippen LogP contribution in [0.25, 0.3) is 0 Å². The number of benzene rings is 1. The molecule has 3 amide bonds. The van der Waals surface area contributed by atoms with Gasteiger partial charge in [0.05, 0.1) is 0 Å². The zero-order valence-electron chi connectivity index (χ0n) is 12.7. The zero-order valence-corrected chi connectivity index (χ0v) is 12.7. The number of piperidine rings is 1. The minimum Gasteiger partial charge on any atom is -0.347 e. The largest absolute Gasteiger partial charge is 0.347 e. The summed E-state index contributed by atoms with van der Waals surface area (Å²) in [6.45, 7) is 1.70. The number of nitrogens with one attached hydrogen (secondary N) is 3. The van der Waals surface area contributed by atoms with Crippen LogP contribution in [-0.4, -0.2) is 37.4 Å². The van der Waals surface area contributed by atoms with Gasteiger partial charge in [0, 0.05) is 12.5 Å². The van der Waals surface area contributed by atoms with Crippen molar-refractivity contribution in [1.29, 1.82) is 0 Å². The number of hydrogen-bond acceptors (Lipinski definition) is 4. The lowest BCUT2D eigenvalue weighted by molar-refractivity contribution is -0.143. The molecule has 1 aliphatic rings. The van der Waals surface area contributed by atoms with Crippen LogP contribution in [0.4, 0.5) is 4.39 Å². The molecule has 6 nitrogen and oxygen atoms in total. The second kappa shape index (κ2) is 8.38. The Morgan fingerprint density at radius 3 is 2.39 bits per heavy atom. The monoisotopic (exact) mass is 321 g/mol. The minimum absolute atomic E-state index is 0.229. The van der Waals surface area contributed by atoms with Crippen molar-refractivity contribution in [2.75, 3.05) is 19.6 Å². The number of imide groups is 1. The van der Waals surface area contributed by atoms with E-state index in [9.17, 15) is 18.8 Å². The van der Waals surface area contributed by atoms with E-state index in [-0.39, 0.29) is 18.3 Å². The molecular formula is C16H20FN3O3. The smallest absolute Gasteiger partial charge is 0.315 e. The molecule has 2 rings (SSSR count). The van der Waals surface area contributed by atoms with Gasteiger partial charge in [-0.3, -0.25) is 19.7 Å². The molecule has 1 aromatic rings. The third-order valence-corrected chi connectivity index (χ3v) is 3.77. The van der Waals surface area contributed by atoms with Gasteiger partial charge in [-0.2, -0.15) is 0 Å². The first-order valence-electron chi connectivity index (χ1n) is 7.64. The van der Waals surface area contributed by atoms with Crippen LogP contribution >= 0.6 is 0 Å². The van der Waals surface area contributed by atoms with Crippen molar-refractivity contribution < 1.29 is 18.8 Å². The number of carbonyl (C=O) groups is 3. The van der Waals surface area contributed by atoms with E-state index in [0.717, 1.165) is 18.7 Å². The second-order valence-electron chi connectivity index (χ2n) is 5.48. The normalized spacial score (nSPS) is 15.0. The highest BCUT2D eigenvalue weighted by Crippen LogP contribution is 2.11. The van der Waals surface area contributed by atoms with Gasteiger partial charge in [0.1, 0.15) is 5.82 Å². The van der Waals surface area contributed by atoms with E-state index in [4.69, 9.17) is 0 Å². The van der Waals surface area contributed by atoms with Crippen molar-refractivity contribution in [3.05, 3.63) is 35.6 Å². The van der Waals surface area contributed by atoms with Gasteiger partial charge in [0.2, 0.25) is 5.91 Å². The van der Waals surface area contributed by atoms with E-state index in [0.29, 0.717) is 19.3 Å². The summed E-state index contributed by atoms with van der Waals surface area (Å²) in [5.41, 5.74) is 0.845. The number of halogens is 1. The van der Waals surface area contributed by atoms with Gasteiger partial charge in [-0.15, -0.1) is 0 Å². The summed E-state index contributed by atoms with van der Waals surface area (Å²) in [6, 6.07) is 5.90. The summed E-state index contributed by atoms with van der Waals surface area (Å²) < 4.78 is 12.8. The Morgan fingerprint density at radius 2 is 1.74 bits per heavy atom. The predicted molar refractivity (Wildman–Crippen MR) is 81.9 cm³/mol. The molecular weight excluding hydrogens is 301 g/mol. The fraction of sp³-hybridized carbons (Fsp3) is 0.438. The maximum absolute atomic E-state index is 12.8. The highest BCUT2D eigenvalue weighted by molar-refractivity contribution is 6.37. The fourth-order valence-electron chi connectivity index (χ4n) is 2.41. The standard InChI is InChI=1S/C16H20FN3O3/c17-13-3-1-11(2-4-13)5-10-19-15(22)16(23)20-14(21)12-6-8-18-9-7-12/h1-4,12,18H,5-10H2,(H,19,22)(H,20,21,23). The Kier molecular flexibility index (Phi) is 6.22. The lowest BCUT2D eigenvalue weighted by atomic mass is 9.97. The predicted octanol–water partition coefficient (Wildman–Crippen LogP) is 0.127. The Hall–Kier alpha value is -2.28. The average Bonchev–Trinajstić information content (AvgIpc) is 2.57. The summed E-state index contributed by atoms with van der Waals surface area (Å²) in [4.78, 5) is 35.2. The molecule has 0 atom stereocenters. The fourth-order valence-corrected chi connectivity index (χ4v) is 2.41. The number of carbonyl (C=O) groups excluding carboxylic acids is 3. The summed E-state index contributed by atoms with van der Waals surface area (Å²) in [5, 5.41) is 7.71. The van der Waals surface area contributed by atoms with Crippen molar-refractivity contribution in [3.8, 4) is 0 Å². The van der Waals surface area contributed by atoms with Crippen LogP contribution in [0.2, 0.25) is 0 Å². The first kappa shape index (κ1) is 17.1. The summed E-state index contributed by atoms with van der Waals surface area (Å²) in [6.07, 6.45) is 1.79. The molecule has 0 unspecified atom stereocenters. The Morgan fingerprint density at radius 1 is 1.09 bits per heavy atom. The molecule has 1 saturated heterocycles. The van der Waals surface area contributed by atoms with Gasteiger partial charge in [0.25, 0.3) is 0 Å². The molecule has 7 heteroatoms. The third kappa shape index (κ3) is 5.45. The summed E-state index contributed by atoms with van der Waals surface area (Å²) in [5.74, 6) is -2.73. The first-order valence-corrected chi connectivity index (χ1v) is 7.64. The minimum atomic E-state index is -0.937. The summed E-state index contributed by atoms with van der Waals surface area (Å²) >= 11 is 0. The van der Waals surface area contributed by atoms with E-state index in [2.05, 4.69) is 16.0 Å². The molecule has 0 spiro atoms. The SMILES string of the molecule is O=C(NCCc1ccc(F)cc1)C(=O)NC(=O)C1CCNCC1. The maximum atomic E-state index is 12.8. The molecule has 23 heavy (non-hydrogen) atoms. The lowest BCUT2D eigenvalue weighted by Gasteiger charge is -2.21. The number of hydrogen-bond donors (Lipinski definition) is 3. The Balaban J connectivity index is 1.71. The van der Waals surface area contributed by atoms with E-state index in [1.165, 1.54) is 12.1 Å². The van der Waals surface area contributed by atoms with E-state index in [1.54, 1.807) is 12.1 Å². The van der Waals surface area contributed by atoms with Crippen LogP contribution in [0, 0.1) is 11.7 Å². The molecule has 0 aromatic heterocycles. The number of amides is 3. The van der Waals surface area contributed by atoms with Crippen LogP contribution in [-0.2, 0) is 20.8 Å². The quantitative estimate of drug-likeness (QED) is 0.688. The van der Waals surface area contributed by atoms with Crippen molar-refractivity contribution in [3.63, 3.8) is 0 Å². The van der Waals surface area contributed by atoms with Crippen molar-refractivity contribution in [2.24, 2.45) is 5.92 Å². The van der Waals surface area contributed by atoms with Crippen molar-refractivity contribution in [2.45, 2.75) is 19.3 Å². The van der Waals surface area contributed by atoms with Gasteiger partial charge < -0.3 is 10.6 Å². The number of rotatable bonds is 4. The average molecular weight is 321 g/mol. The first-order chi connectivity index (χ1) is 11.1. The second-order valence-corrected chi connectivity index (χ2v) is 5.48. The Bertz CT molecular complexity index is 568. The molecule has 1 aliphatic heterocycles. The van der Waals surface area contributed by atoms with Crippen LogP contribution in [0.5, 0.6) is 0 Å². The molecule has 1 heterocycles. The van der Waals surface area contributed by atoms with Crippen LogP contribution in [0.15, 0.2) is 24.3 Å². The van der Waals surface area contributed by atoms with Crippen LogP contribution < -0.4 is 16.0 Å². The van der Waals surface area contributed by atoms with E-state index in [1.807, 2.05) is 0 Å². The Labute approximate surface area is 133 Å². The molecule has 1 fully saturated rings. The lowest BCUT2D eigenvalue weighted by Crippen LogP contribution is -2.46.